The van der Waals surface area contributed by atoms with E-state index in [1.165, 1.54) is 6.07 Å². The third kappa shape index (κ3) is 2.29. The molecule has 0 heterocycles. The van der Waals surface area contributed by atoms with Gasteiger partial charge in [-0.15, -0.1) is 0 Å². The molecule has 1 aliphatic rings. The van der Waals surface area contributed by atoms with E-state index in [0.29, 0.717) is 18.8 Å². The van der Waals surface area contributed by atoms with Crippen molar-refractivity contribution in [2.75, 3.05) is 0 Å². The number of carbonyl (C=O) groups is 1. The topological polar surface area (TPSA) is 37.3 Å². The molecule has 0 bridgehead atoms. The van der Waals surface area contributed by atoms with Crippen LogP contribution in [0.15, 0.2) is 18.2 Å². The van der Waals surface area contributed by atoms with Gasteiger partial charge in [-0.25, -0.2) is 8.78 Å². The molecule has 0 unspecified atom stereocenters. The van der Waals surface area contributed by atoms with Gasteiger partial charge in [0.1, 0.15) is 17.2 Å². The molecule has 2 rings (SSSR count). The molecule has 0 aliphatic heterocycles. The summed E-state index contributed by atoms with van der Waals surface area (Å²) in [6.07, 6.45) is 1.91. The maximum Gasteiger partial charge on any atom is 0.200 e. The van der Waals surface area contributed by atoms with Crippen molar-refractivity contribution >= 4 is 5.78 Å². The molecule has 1 saturated carbocycles. The van der Waals surface area contributed by atoms with Crippen molar-refractivity contribution in [2.24, 2.45) is 5.92 Å². The van der Waals surface area contributed by atoms with Crippen LogP contribution in [0.5, 0.6) is 0 Å². The maximum absolute atomic E-state index is 13.5. The summed E-state index contributed by atoms with van der Waals surface area (Å²) in [4.78, 5) is 12.1. The molecular formula is C14H16F2O2. The predicted octanol–water partition coefficient (Wildman–Crippen LogP) is 3.09. The largest absolute Gasteiger partial charge is 0.382 e. The van der Waals surface area contributed by atoms with Gasteiger partial charge >= 0.3 is 0 Å². The van der Waals surface area contributed by atoms with Crippen molar-refractivity contribution in [3.8, 4) is 0 Å². The Morgan fingerprint density at radius 1 is 1.28 bits per heavy atom. The van der Waals surface area contributed by atoms with E-state index in [9.17, 15) is 18.7 Å². The maximum atomic E-state index is 13.5. The minimum Gasteiger partial charge on any atom is -0.382 e. The van der Waals surface area contributed by atoms with Crippen LogP contribution in [-0.4, -0.2) is 16.5 Å². The van der Waals surface area contributed by atoms with Gasteiger partial charge < -0.3 is 5.11 Å². The second-order valence-corrected chi connectivity index (χ2v) is 5.14. The summed E-state index contributed by atoms with van der Waals surface area (Å²) >= 11 is 0. The molecule has 0 atom stereocenters. The fourth-order valence-electron chi connectivity index (χ4n) is 2.41. The van der Waals surface area contributed by atoms with Crippen molar-refractivity contribution < 1.29 is 18.7 Å². The molecular weight excluding hydrogens is 238 g/mol. The Morgan fingerprint density at radius 3 is 2.28 bits per heavy atom. The molecule has 0 spiro atoms. The Morgan fingerprint density at radius 2 is 1.78 bits per heavy atom. The molecule has 0 amide bonds. The number of hydrogen-bond donors (Lipinski definition) is 1. The number of halogens is 2. The molecule has 18 heavy (non-hydrogen) atoms. The lowest BCUT2D eigenvalue weighted by molar-refractivity contribution is 0.00355. The fraction of sp³-hybridized carbons (Fsp3) is 0.500. The Labute approximate surface area is 105 Å². The number of rotatable bonds is 2. The second kappa shape index (κ2) is 4.76. The lowest BCUT2D eigenvalue weighted by atomic mass is 9.75. The summed E-state index contributed by atoms with van der Waals surface area (Å²) in [6, 6.07) is 3.27. The molecule has 1 aliphatic carbocycles. The Kier molecular flexibility index (Phi) is 3.48. The summed E-state index contributed by atoms with van der Waals surface area (Å²) in [5.74, 6) is -2.22. The van der Waals surface area contributed by atoms with E-state index < -0.39 is 28.6 Å². The van der Waals surface area contributed by atoms with E-state index in [1.54, 1.807) is 0 Å². The van der Waals surface area contributed by atoms with Gasteiger partial charge in [-0.1, -0.05) is 13.0 Å². The van der Waals surface area contributed by atoms with E-state index in [2.05, 4.69) is 0 Å². The van der Waals surface area contributed by atoms with Crippen LogP contribution in [0.2, 0.25) is 0 Å². The van der Waals surface area contributed by atoms with Gasteiger partial charge in [0.2, 0.25) is 0 Å². The number of benzene rings is 1. The first-order valence-electron chi connectivity index (χ1n) is 6.15. The van der Waals surface area contributed by atoms with E-state index >= 15 is 0 Å². The minimum atomic E-state index is -1.62. The zero-order chi connectivity index (χ0) is 13.3. The van der Waals surface area contributed by atoms with Gasteiger partial charge in [-0.2, -0.15) is 0 Å². The zero-order valence-electron chi connectivity index (χ0n) is 10.2. The number of aliphatic hydroxyl groups is 1. The highest BCUT2D eigenvalue weighted by Gasteiger charge is 2.41. The van der Waals surface area contributed by atoms with Crippen LogP contribution >= 0.6 is 0 Å². The van der Waals surface area contributed by atoms with Crippen molar-refractivity contribution in [1.82, 2.24) is 0 Å². The third-order valence-electron chi connectivity index (χ3n) is 3.71. The van der Waals surface area contributed by atoms with E-state index in [1.807, 2.05) is 6.92 Å². The highest BCUT2D eigenvalue weighted by Crippen LogP contribution is 2.35. The number of ketones is 1. The van der Waals surface area contributed by atoms with Crippen LogP contribution in [0.25, 0.3) is 0 Å². The molecule has 4 heteroatoms. The zero-order valence-corrected chi connectivity index (χ0v) is 10.2. The predicted molar refractivity (Wildman–Crippen MR) is 63.3 cm³/mol. The Bertz CT molecular complexity index is 443. The summed E-state index contributed by atoms with van der Waals surface area (Å²) in [5.41, 5.74) is -2.23. The summed E-state index contributed by atoms with van der Waals surface area (Å²) in [7, 11) is 0. The van der Waals surface area contributed by atoms with Crippen molar-refractivity contribution in [3.63, 3.8) is 0 Å². The average molecular weight is 254 g/mol. The summed E-state index contributed by atoms with van der Waals surface area (Å²) in [5, 5.41) is 10.3. The molecule has 2 nitrogen and oxygen atoms in total. The van der Waals surface area contributed by atoms with Crippen LogP contribution in [0.3, 0.4) is 0 Å². The first-order chi connectivity index (χ1) is 8.44. The molecule has 1 N–H and O–H groups in total. The van der Waals surface area contributed by atoms with Gasteiger partial charge in [0.15, 0.2) is 5.78 Å². The normalized spacial score (nSPS) is 28.1. The molecule has 1 fully saturated rings. The third-order valence-corrected chi connectivity index (χ3v) is 3.71. The molecule has 1 aromatic carbocycles. The molecule has 0 radical (unpaired) electrons. The number of hydrogen-bond acceptors (Lipinski definition) is 2. The van der Waals surface area contributed by atoms with Gasteiger partial charge in [-0.05, 0) is 43.7 Å². The number of Topliss-reactive ketones (excluding diaryl/α,β-unsaturated/α-hetero) is 1. The van der Waals surface area contributed by atoms with Crippen LogP contribution in [0, 0.1) is 17.6 Å². The SMILES string of the molecule is CC1CCC(O)(C(=O)c2c(F)cccc2F)CC1. The molecule has 0 aromatic heterocycles. The first-order valence-corrected chi connectivity index (χ1v) is 6.15. The summed E-state index contributed by atoms with van der Waals surface area (Å²) < 4.78 is 27.1. The monoisotopic (exact) mass is 254 g/mol. The molecule has 1 aromatic rings. The standard InChI is InChI=1S/C14H16F2O2/c1-9-5-7-14(18,8-6-9)13(17)12-10(15)3-2-4-11(12)16/h2-4,9,18H,5-8H2,1H3. The molecule has 0 saturated heterocycles. The average Bonchev–Trinajstić information content (AvgIpc) is 2.33. The Hall–Kier alpha value is -1.29. The van der Waals surface area contributed by atoms with Crippen LogP contribution in [0.4, 0.5) is 8.78 Å². The second-order valence-electron chi connectivity index (χ2n) is 5.14. The van der Waals surface area contributed by atoms with Crippen molar-refractivity contribution in [2.45, 2.75) is 38.2 Å². The highest BCUT2D eigenvalue weighted by atomic mass is 19.1. The first kappa shape index (κ1) is 13.1. The van der Waals surface area contributed by atoms with Crippen LogP contribution < -0.4 is 0 Å². The van der Waals surface area contributed by atoms with Gasteiger partial charge in [0.25, 0.3) is 0 Å². The quantitative estimate of drug-likeness (QED) is 0.823. The van der Waals surface area contributed by atoms with E-state index in [4.69, 9.17) is 0 Å². The van der Waals surface area contributed by atoms with Crippen molar-refractivity contribution in [3.05, 3.63) is 35.4 Å². The fourth-order valence-corrected chi connectivity index (χ4v) is 2.41. The van der Waals surface area contributed by atoms with Crippen LogP contribution in [-0.2, 0) is 0 Å². The lowest BCUT2D eigenvalue weighted by Crippen LogP contribution is -2.42. The highest BCUT2D eigenvalue weighted by molar-refractivity contribution is 6.02. The van der Waals surface area contributed by atoms with Gasteiger partial charge in [0.05, 0.1) is 5.56 Å². The lowest BCUT2D eigenvalue weighted by Gasteiger charge is -2.33. The number of carbonyl (C=O) groups excluding carboxylic acids is 1. The van der Waals surface area contributed by atoms with Crippen molar-refractivity contribution in [1.29, 1.82) is 0 Å². The molecule has 98 valence electrons. The van der Waals surface area contributed by atoms with Gasteiger partial charge in [0, 0.05) is 0 Å². The smallest absolute Gasteiger partial charge is 0.200 e. The van der Waals surface area contributed by atoms with E-state index in [-0.39, 0.29) is 12.8 Å². The Balaban J connectivity index is 2.31. The van der Waals surface area contributed by atoms with Gasteiger partial charge in [-0.3, -0.25) is 4.79 Å². The van der Waals surface area contributed by atoms with E-state index in [0.717, 1.165) is 12.1 Å². The minimum absolute atomic E-state index is 0.265. The summed E-state index contributed by atoms with van der Waals surface area (Å²) in [6.45, 7) is 2.04. The van der Waals surface area contributed by atoms with Crippen LogP contribution in [0.1, 0.15) is 43.0 Å².